The second-order valence-corrected chi connectivity index (χ2v) is 12.0. The highest BCUT2D eigenvalue weighted by molar-refractivity contribution is 7.89. The molecule has 204 valence electrons. The zero-order valence-electron chi connectivity index (χ0n) is 22.4. The van der Waals surface area contributed by atoms with Crippen molar-refractivity contribution in [3.63, 3.8) is 0 Å². The third kappa shape index (κ3) is 8.46. The lowest BCUT2D eigenvalue weighted by Crippen LogP contribution is -2.27. The topological polar surface area (TPSA) is 90.5 Å². The van der Waals surface area contributed by atoms with Crippen LogP contribution in [-0.2, 0) is 10.0 Å². The normalized spacial score (nSPS) is 11.8. The maximum Gasteiger partial charge on any atom is 0.240 e. The average molecular weight is 563 g/mol. The van der Waals surface area contributed by atoms with Crippen molar-refractivity contribution in [1.82, 2.24) is 19.6 Å². The minimum Gasteiger partial charge on any atom is -0.363 e. The van der Waals surface area contributed by atoms with E-state index in [1.54, 1.807) is 41.8 Å². The first kappa shape index (κ1) is 28.4. The van der Waals surface area contributed by atoms with Crippen LogP contribution in [0, 0.1) is 0 Å². The van der Waals surface area contributed by atoms with E-state index in [1.807, 2.05) is 37.2 Å². The Kier molecular flexibility index (Phi) is 9.83. The summed E-state index contributed by atoms with van der Waals surface area (Å²) in [5.74, 6) is 0.436. The highest BCUT2D eigenvalue weighted by Gasteiger charge is 2.13. The monoisotopic (exact) mass is 562 g/mol. The Morgan fingerprint density at radius 2 is 1.74 bits per heavy atom. The van der Waals surface area contributed by atoms with Gasteiger partial charge in [0, 0.05) is 37.6 Å². The summed E-state index contributed by atoms with van der Waals surface area (Å²) in [6.45, 7) is 2.05. The fraction of sp³-hybridized carbons (Fsp3) is 0.241. The number of thiophene rings is 1. The first-order valence-electron chi connectivity index (χ1n) is 12.7. The van der Waals surface area contributed by atoms with Crippen LogP contribution in [0.4, 0.5) is 16.6 Å². The predicted octanol–water partition coefficient (Wildman–Crippen LogP) is 5.33. The molecule has 0 amide bonds. The Hall–Kier alpha value is -3.57. The van der Waals surface area contributed by atoms with E-state index in [2.05, 4.69) is 73.8 Å². The molecule has 10 heteroatoms. The van der Waals surface area contributed by atoms with Crippen molar-refractivity contribution in [3.8, 4) is 11.3 Å². The summed E-state index contributed by atoms with van der Waals surface area (Å²) in [5.41, 5.74) is 3.59. The largest absolute Gasteiger partial charge is 0.363 e. The van der Waals surface area contributed by atoms with Gasteiger partial charge in [0.1, 0.15) is 0 Å². The van der Waals surface area contributed by atoms with Crippen LogP contribution in [0.1, 0.15) is 12.0 Å². The number of nitrogens with one attached hydrogen (secondary N) is 2. The molecule has 0 spiro atoms. The highest BCUT2D eigenvalue weighted by atomic mass is 32.2. The van der Waals surface area contributed by atoms with E-state index in [0.717, 1.165) is 36.3 Å². The Bertz CT molecular complexity index is 1450. The molecule has 0 unspecified atom stereocenters. The number of anilines is 3. The average Bonchev–Trinajstić information content (AvgIpc) is 3.47. The van der Waals surface area contributed by atoms with Gasteiger partial charge in [0.2, 0.25) is 16.0 Å². The van der Waals surface area contributed by atoms with Crippen LogP contribution < -0.4 is 14.9 Å². The van der Waals surface area contributed by atoms with Crippen LogP contribution in [0.5, 0.6) is 0 Å². The van der Waals surface area contributed by atoms with Crippen molar-refractivity contribution >= 4 is 44.1 Å². The Morgan fingerprint density at radius 3 is 2.44 bits per heavy atom. The van der Waals surface area contributed by atoms with Crippen LogP contribution >= 0.6 is 11.3 Å². The van der Waals surface area contributed by atoms with Gasteiger partial charge in [-0.15, -0.1) is 11.3 Å². The molecule has 0 radical (unpaired) electrons. The molecule has 2 aromatic carbocycles. The molecule has 0 aliphatic rings. The van der Waals surface area contributed by atoms with Crippen molar-refractivity contribution in [2.24, 2.45) is 0 Å². The standard InChI is InChI=1S/C29H34N6O2S2/c1-34(2)20-6-18-31-39(36,37)26-15-13-25(14-16-26)32-29-30-19-17-27(33-29)24-11-9-23(10-12-24)7-4-21-35(3)28-8-5-22-38-28/h4-5,7-17,19,22,31H,6,18,20-21H2,1-3H3,(H,30,32,33). The van der Waals surface area contributed by atoms with Crippen molar-refractivity contribution in [2.75, 3.05) is 51.0 Å². The highest BCUT2D eigenvalue weighted by Crippen LogP contribution is 2.22. The Balaban J connectivity index is 1.34. The van der Waals surface area contributed by atoms with E-state index in [9.17, 15) is 8.42 Å². The molecule has 8 nitrogen and oxygen atoms in total. The van der Waals surface area contributed by atoms with E-state index in [1.165, 1.54) is 5.00 Å². The van der Waals surface area contributed by atoms with Gasteiger partial charge in [0.05, 0.1) is 15.6 Å². The number of rotatable bonds is 13. The van der Waals surface area contributed by atoms with Gasteiger partial charge in [0.15, 0.2) is 0 Å². The molecule has 0 aliphatic heterocycles. The second-order valence-electron chi connectivity index (χ2n) is 9.33. The van der Waals surface area contributed by atoms with Gasteiger partial charge in [-0.2, -0.15) is 0 Å². The van der Waals surface area contributed by atoms with Crippen LogP contribution in [0.25, 0.3) is 17.3 Å². The number of hydrogen-bond donors (Lipinski definition) is 2. The minimum atomic E-state index is -3.55. The SMILES string of the molecule is CN(C)CCCNS(=O)(=O)c1ccc(Nc2nccc(-c3ccc(C=CCN(C)c4cccs4)cc3)n2)cc1. The number of benzene rings is 2. The third-order valence-electron chi connectivity index (χ3n) is 5.93. The summed E-state index contributed by atoms with van der Waals surface area (Å²) in [5, 5.41) is 6.49. The molecule has 2 aromatic heterocycles. The van der Waals surface area contributed by atoms with Gasteiger partial charge in [-0.05, 0) is 80.5 Å². The second kappa shape index (κ2) is 13.5. The smallest absolute Gasteiger partial charge is 0.240 e. The van der Waals surface area contributed by atoms with E-state index in [0.29, 0.717) is 18.2 Å². The van der Waals surface area contributed by atoms with Crippen molar-refractivity contribution < 1.29 is 8.42 Å². The van der Waals surface area contributed by atoms with Gasteiger partial charge in [-0.1, -0.05) is 36.4 Å². The molecule has 0 atom stereocenters. The lowest BCUT2D eigenvalue weighted by atomic mass is 10.1. The summed E-state index contributed by atoms with van der Waals surface area (Å²) < 4.78 is 27.7. The minimum absolute atomic E-state index is 0.222. The number of sulfonamides is 1. The molecule has 2 N–H and O–H groups in total. The number of hydrogen-bond acceptors (Lipinski definition) is 8. The van der Waals surface area contributed by atoms with Crippen LogP contribution in [0.3, 0.4) is 0 Å². The van der Waals surface area contributed by atoms with E-state index >= 15 is 0 Å². The molecule has 0 aliphatic carbocycles. The molecule has 0 bridgehead atoms. The van der Waals surface area contributed by atoms with E-state index in [-0.39, 0.29) is 4.90 Å². The quantitative estimate of drug-likeness (QED) is 0.213. The number of nitrogens with zero attached hydrogens (tertiary/aromatic N) is 4. The van der Waals surface area contributed by atoms with E-state index in [4.69, 9.17) is 0 Å². The van der Waals surface area contributed by atoms with Crippen molar-refractivity contribution in [2.45, 2.75) is 11.3 Å². The van der Waals surface area contributed by atoms with E-state index < -0.39 is 10.0 Å². The molecule has 39 heavy (non-hydrogen) atoms. The maximum absolute atomic E-state index is 12.5. The number of aromatic nitrogens is 2. The fourth-order valence-corrected chi connectivity index (χ4v) is 5.58. The first-order chi connectivity index (χ1) is 18.8. The van der Waals surface area contributed by atoms with Gasteiger partial charge in [-0.25, -0.2) is 23.1 Å². The molecular formula is C29H34N6O2S2. The maximum atomic E-state index is 12.5. The molecular weight excluding hydrogens is 528 g/mol. The Labute approximate surface area is 235 Å². The summed E-state index contributed by atoms with van der Waals surface area (Å²) in [4.78, 5) is 13.4. The first-order valence-corrected chi connectivity index (χ1v) is 15.0. The van der Waals surface area contributed by atoms with Gasteiger partial charge in [0.25, 0.3) is 0 Å². The van der Waals surface area contributed by atoms with Crippen LogP contribution in [0.2, 0.25) is 0 Å². The summed E-state index contributed by atoms with van der Waals surface area (Å²) in [6, 6.07) is 20.8. The summed E-state index contributed by atoms with van der Waals surface area (Å²) in [7, 11) is 2.46. The lowest BCUT2D eigenvalue weighted by molar-refractivity contribution is 0.400. The van der Waals surface area contributed by atoms with Gasteiger partial charge in [-0.3, -0.25) is 0 Å². The zero-order valence-corrected chi connectivity index (χ0v) is 24.0. The third-order valence-corrected chi connectivity index (χ3v) is 8.39. The molecule has 2 heterocycles. The lowest BCUT2D eigenvalue weighted by Gasteiger charge is -2.13. The van der Waals surface area contributed by atoms with Crippen LogP contribution in [-0.4, -0.2) is 64.1 Å². The number of likely N-dealkylation sites (N-methyl/N-ethyl adjacent to an activating group) is 1. The van der Waals surface area contributed by atoms with Crippen molar-refractivity contribution in [3.05, 3.63) is 89.9 Å². The predicted molar refractivity (Wildman–Crippen MR) is 162 cm³/mol. The Morgan fingerprint density at radius 1 is 0.974 bits per heavy atom. The van der Waals surface area contributed by atoms with Crippen molar-refractivity contribution in [1.29, 1.82) is 0 Å². The summed E-state index contributed by atoms with van der Waals surface area (Å²) >= 11 is 1.73. The molecule has 4 aromatic rings. The fourth-order valence-electron chi connectivity index (χ4n) is 3.80. The molecule has 0 saturated carbocycles. The van der Waals surface area contributed by atoms with Crippen LogP contribution in [0.15, 0.2) is 89.3 Å². The van der Waals surface area contributed by atoms with Gasteiger partial charge >= 0.3 is 0 Å². The van der Waals surface area contributed by atoms with Gasteiger partial charge < -0.3 is 15.1 Å². The summed E-state index contributed by atoms with van der Waals surface area (Å²) in [6.07, 6.45) is 6.71. The molecule has 0 saturated heterocycles. The molecule has 0 fully saturated rings. The zero-order chi connectivity index (χ0) is 27.7. The molecule has 4 rings (SSSR count).